The van der Waals surface area contributed by atoms with E-state index in [1.54, 1.807) is 0 Å². The Labute approximate surface area is 117 Å². The Morgan fingerprint density at radius 3 is 2.71 bits per heavy atom. The first-order valence-electron chi connectivity index (χ1n) is 5.40. The van der Waals surface area contributed by atoms with Crippen molar-refractivity contribution in [2.75, 3.05) is 19.6 Å². The van der Waals surface area contributed by atoms with E-state index in [4.69, 9.17) is 0 Å². The molecule has 1 rings (SSSR count). The van der Waals surface area contributed by atoms with Gasteiger partial charge in [-0.1, -0.05) is 28.9 Å². The molecule has 5 heteroatoms. The summed E-state index contributed by atoms with van der Waals surface area (Å²) in [6, 6.07) is 5.64. The van der Waals surface area contributed by atoms with Gasteiger partial charge >= 0.3 is 0 Å². The van der Waals surface area contributed by atoms with E-state index in [0.717, 1.165) is 28.7 Å². The molecule has 0 fully saturated rings. The molecule has 0 aliphatic rings. The van der Waals surface area contributed by atoms with Gasteiger partial charge in [-0.25, -0.2) is 0 Å². The first kappa shape index (κ1) is 16.4. The highest BCUT2D eigenvalue weighted by molar-refractivity contribution is 9.10. The van der Waals surface area contributed by atoms with Crippen molar-refractivity contribution in [2.45, 2.75) is 13.8 Å². The molecule has 0 bridgehead atoms. The second-order valence-electron chi connectivity index (χ2n) is 3.52. The third kappa shape index (κ3) is 5.06. The Kier molecular flexibility index (Phi) is 8.21. The molecule has 0 heterocycles. The van der Waals surface area contributed by atoms with Crippen molar-refractivity contribution in [2.24, 2.45) is 0 Å². The fourth-order valence-electron chi connectivity index (χ4n) is 1.39. The molecular formula is C12H18BrClN2O. The van der Waals surface area contributed by atoms with Crippen LogP contribution in [0.3, 0.4) is 0 Å². The molecule has 0 aromatic heterocycles. The van der Waals surface area contributed by atoms with Gasteiger partial charge in [0.05, 0.1) is 0 Å². The van der Waals surface area contributed by atoms with Crippen LogP contribution in [0.25, 0.3) is 0 Å². The Balaban J connectivity index is 0.00000256. The van der Waals surface area contributed by atoms with E-state index in [0.29, 0.717) is 6.54 Å². The second-order valence-corrected chi connectivity index (χ2v) is 4.38. The van der Waals surface area contributed by atoms with Gasteiger partial charge in [0.25, 0.3) is 5.91 Å². The van der Waals surface area contributed by atoms with Gasteiger partial charge in [-0.2, -0.15) is 0 Å². The Morgan fingerprint density at radius 1 is 1.35 bits per heavy atom. The highest BCUT2D eigenvalue weighted by atomic mass is 79.9. The summed E-state index contributed by atoms with van der Waals surface area (Å²) in [6.07, 6.45) is 0. The molecule has 0 spiro atoms. The van der Waals surface area contributed by atoms with Crippen LogP contribution in [-0.2, 0) is 0 Å². The summed E-state index contributed by atoms with van der Waals surface area (Å²) in [4.78, 5) is 11.8. The minimum atomic E-state index is -0.0169. The van der Waals surface area contributed by atoms with Gasteiger partial charge < -0.3 is 10.6 Å². The molecule has 0 atom stereocenters. The van der Waals surface area contributed by atoms with E-state index in [1.807, 2.05) is 32.0 Å². The monoisotopic (exact) mass is 320 g/mol. The van der Waals surface area contributed by atoms with E-state index in [2.05, 4.69) is 26.6 Å². The molecular weight excluding hydrogens is 304 g/mol. The Hall–Kier alpha value is -0.580. The number of carbonyl (C=O) groups is 1. The number of benzene rings is 1. The fourth-order valence-corrected chi connectivity index (χ4v) is 1.76. The molecule has 0 saturated carbocycles. The van der Waals surface area contributed by atoms with Crippen LogP contribution >= 0.6 is 28.3 Å². The maximum atomic E-state index is 11.8. The summed E-state index contributed by atoms with van der Waals surface area (Å²) < 4.78 is 0.965. The van der Waals surface area contributed by atoms with Crippen LogP contribution in [0.4, 0.5) is 0 Å². The molecule has 0 aliphatic carbocycles. The van der Waals surface area contributed by atoms with Gasteiger partial charge in [0.15, 0.2) is 0 Å². The fraction of sp³-hybridized carbons (Fsp3) is 0.417. The zero-order chi connectivity index (χ0) is 12.0. The first-order chi connectivity index (χ1) is 7.66. The lowest BCUT2D eigenvalue weighted by molar-refractivity contribution is 0.0953. The molecule has 96 valence electrons. The van der Waals surface area contributed by atoms with Crippen molar-refractivity contribution in [1.82, 2.24) is 10.6 Å². The summed E-state index contributed by atoms with van der Waals surface area (Å²) in [6.45, 7) is 6.35. The number of halogens is 2. The minimum Gasteiger partial charge on any atom is -0.351 e. The largest absolute Gasteiger partial charge is 0.351 e. The van der Waals surface area contributed by atoms with Crippen LogP contribution in [0.15, 0.2) is 22.7 Å². The number of carbonyl (C=O) groups excluding carboxylic acids is 1. The lowest BCUT2D eigenvalue weighted by atomic mass is 10.1. The number of likely N-dealkylation sites (N-methyl/N-ethyl adjacent to an activating group) is 1. The van der Waals surface area contributed by atoms with Crippen LogP contribution in [-0.4, -0.2) is 25.5 Å². The average molecular weight is 322 g/mol. The van der Waals surface area contributed by atoms with Crippen LogP contribution in [0.1, 0.15) is 22.8 Å². The predicted octanol–water partition coefficient (Wildman–Crippen LogP) is 2.52. The SMILES string of the molecule is CCNCCNC(=O)c1cccc(Br)c1C.Cl. The molecule has 1 aromatic rings. The standard InChI is InChI=1S/C12H17BrN2O.ClH/c1-3-14-7-8-15-12(16)10-5-4-6-11(13)9(10)2;/h4-6,14H,3,7-8H2,1-2H3,(H,15,16);1H. The van der Waals surface area contributed by atoms with Crippen molar-refractivity contribution in [3.05, 3.63) is 33.8 Å². The lowest BCUT2D eigenvalue weighted by Gasteiger charge is -2.08. The van der Waals surface area contributed by atoms with Gasteiger partial charge in [-0.3, -0.25) is 4.79 Å². The zero-order valence-electron chi connectivity index (χ0n) is 10.0. The highest BCUT2D eigenvalue weighted by Crippen LogP contribution is 2.19. The molecule has 17 heavy (non-hydrogen) atoms. The summed E-state index contributed by atoms with van der Waals surface area (Å²) in [5.41, 5.74) is 1.70. The number of hydrogen-bond acceptors (Lipinski definition) is 2. The summed E-state index contributed by atoms with van der Waals surface area (Å²) in [5, 5.41) is 6.04. The summed E-state index contributed by atoms with van der Waals surface area (Å²) in [7, 11) is 0. The third-order valence-corrected chi connectivity index (χ3v) is 3.21. The molecule has 0 aliphatic heterocycles. The molecule has 0 saturated heterocycles. The minimum absolute atomic E-state index is 0. The second kappa shape index (κ2) is 8.50. The number of rotatable bonds is 5. The topological polar surface area (TPSA) is 41.1 Å². The lowest BCUT2D eigenvalue weighted by Crippen LogP contribution is -2.32. The normalized spacial score (nSPS) is 9.59. The summed E-state index contributed by atoms with van der Waals surface area (Å²) in [5.74, 6) is -0.0169. The van der Waals surface area contributed by atoms with Gasteiger partial charge in [0.2, 0.25) is 0 Å². The number of amides is 1. The van der Waals surface area contributed by atoms with Crippen molar-refractivity contribution >= 4 is 34.2 Å². The maximum Gasteiger partial charge on any atom is 0.251 e. The van der Waals surface area contributed by atoms with Crippen LogP contribution in [0.5, 0.6) is 0 Å². The van der Waals surface area contributed by atoms with Gasteiger partial charge in [-0.05, 0) is 31.2 Å². The number of nitrogens with one attached hydrogen (secondary N) is 2. The Bertz CT molecular complexity index is 372. The van der Waals surface area contributed by atoms with Gasteiger partial charge in [-0.15, -0.1) is 12.4 Å². The van der Waals surface area contributed by atoms with Gasteiger partial charge in [0, 0.05) is 23.1 Å². The van der Waals surface area contributed by atoms with E-state index >= 15 is 0 Å². The molecule has 0 radical (unpaired) electrons. The van der Waals surface area contributed by atoms with E-state index in [-0.39, 0.29) is 18.3 Å². The van der Waals surface area contributed by atoms with Crippen LogP contribution < -0.4 is 10.6 Å². The van der Waals surface area contributed by atoms with E-state index < -0.39 is 0 Å². The molecule has 2 N–H and O–H groups in total. The van der Waals surface area contributed by atoms with Crippen LogP contribution in [0.2, 0.25) is 0 Å². The van der Waals surface area contributed by atoms with Crippen LogP contribution in [0, 0.1) is 6.92 Å². The quantitative estimate of drug-likeness (QED) is 0.818. The summed E-state index contributed by atoms with van der Waals surface area (Å²) >= 11 is 3.42. The van der Waals surface area contributed by atoms with Crippen molar-refractivity contribution < 1.29 is 4.79 Å². The molecule has 3 nitrogen and oxygen atoms in total. The predicted molar refractivity (Wildman–Crippen MR) is 77.0 cm³/mol. The third-order valence-electron chi connectivity index (χ3n) is 2.35. The highest BCUT2D eigenvalue weighted by Gasteiger charge is 2.09. The molecule has 0 unspecified atom stereocenters. The van der Waals surface area contributed by atoms with Crippen molar-refractivity contribution in [3.8, 4) is 0 Å². The molecule has 1 aromatic carbocycles. The first-order valence-corrected chi connectivity index (χ1v) is 6.20. The van der Waals surface area contributed by atoms with Crippen molar-refractivity contribution in [3.63, 3.8) is 0 Å². The van der Waals surface area contributed by atoms with Gasteiger partial charge in [0.1, 0.15) is 0 Å². The zero-order valence-corrected chi connectivity index (χ0v) is 12.5. The Morgan fingerprint density at radius 2 is 2.06 bits per heavy atom. The molecule has 1 amide bonds. The van der Waals surface area contributed by atoms with Crippen molar-refractivity contribution in [1.29, 1.82) is 0 Å². The smallest absolute Gasteiger partial charge is 0.251 e. The average Bonchev–Trinajstić information content (AvgIpc) is 2.28. The van der Waals surface area contributed by atoms with E-state index in [1.165, 1.54) is 0 Å². The van der Waals surface area contributed by atoms with E-state index in [9.17, 15) is 4.79 Å². The maximum absolute atomic E-state index is 11.8. The number of hydrogen-bond donors (Lipinski definition) is 2.